The molecule has 2 N–H and O–H groups in total. The number of nitro groups is 1. The molecule has 1 amide bonds. The van der Waals surface area contributed by atoms with Gasteiger partial charge in [-0.2, -0.15) is 13.2 Å². The Hall–Kier alpha value is -3.28. The third-order valence-corrected chi connectivity index (χ3v) is 4.16. The van der Waals surface area contributed by atoms with Gasteiger partial charge in [-0.05, 0) is 12.5 Å². The quantitative estimate of drug-likeness (QED) is 0.380. The van der Waals surface area contributed by atoms with Crippen LogP contribution in [0, 0.1) is 10.1 Å². The van der Waals surface area contributed by atoms with Crippen molar-refractivity contribution in [2.75, 3.05) is 13.2 Å². The molecular formula is C17H16F3N3O6. The lowest BCUT2D eigenvalue weighted by Gasteiger charge is -2.32. The Balaban J connectivity index is 2.50. The SMILES string of the molecule is CC1=NC(COCC(F)(F)F)=C(C(=O)O)C(c2ccc([N+](=O)[O-])cc2)C1NC=O. The van der Waals surface area contributed by atoms with E-state index in [-0.39, 0.29) is 22.7 Å². The average molecular weight is 415 g/mol. The molecule has 1 aromatic carbocycles. The highest BCUT2D eigenvalue weighted by Gasteiger charge is 2.38. The fourth-order valence-electron chi connectivity index (χ4n) is 3.01. The number of aliphatic carboxylic acids is 1. The normalized spacial score (nSPS) is 19.5. The van der Waals surface area contributed by atoms with Crippen LogP contribution in [-0.4, -0.2) is 53.6 Å². The number of carboxylic acid groups (broad SMARTS) is 1. The van der Waals surface area contributed by atoms with Crippen molar-refractivity contribution in [1.82, 2.24) is 5.32 Å². The summed E-state index contributed by atoms with van der Waals surface area (Å²) in [5.41, 5.74) is -0.284. The Morgan fingerprint density at radius 2 is 2.00 bits per heavy atom. The summed E-state index contributed by atoms with van der Waals surface area (Å²) in [5, 5.41) is 23.0. The van der Waals surface area contributed by atoms with Crippen molar-refractivity contribution in [2.24, 2.45) is 4.99 Å². The van der Waals surface area contributed by atoms with Gasteiger partial charge in [0.25, 0.3) is 5.69 Å². The minimum atomic E-state index is -4.60. The molecule has 2 rings (SSSR count). The number of rotatable bonds is 8. The number of hydrogen-bond donors (Lipinski definition) is 2. The molecule has 0 aliphatic carbocycles. The number of aliphatic imine (C=N–C) groups is 1. The first kappa shape index (κ1) is 22.0. The van der Waals surface area contributed by atoms with Crippen LogP contribution in [0.25, 0.3) is 0 Å². The van der Waals surface area contributed by atoms with E-state index < -0.39 is 42.2 Å². The van der Waals surface area contributed by atoms with Crippen LogP contribution >= 0.6 is 0 Å². The number of amides is 1. The lowest BCUT2D eigenvalue weighted by molar-refractivity contribution is -0.384. The van der Waals surface area contributed by atoms with Crippen molar-refractivity contribution < 1.29 is 37.5 Å². The molecule has 1 aliphatic heterocycles. The zero-order chi connectivity index (χ0) is 21.8. The van der Waals surface area contributed by atoms with E-state index in [1.165, 1.54) is 19.1 Å². The number of hydrogen-bond acceptors (Lipinski definition) is 6. The molecule has 2 atom stereocenters. The summed E-state index contributed by atoms with van der Waals surface area (Å²) in [6.45, 7) is -0.825. The monoisotopic (exact) mass is 415 g/mol. The Bertz CT molecular complexity index is 864. The molecule has 156 valence electrons. The largest absolute Gasteiger partial charge is 0.478 e. The molecule has 9 nitrogen and oxygen atoms in total. The number of nitrogens with one attached hydrogen (secondary N) is 1. The van der Waals surface area contributed by atoms with E-state index in [2.05, 4.69) is 15.0 Å². The van der Waals surface area contributed by atoms with Gasteiger partial charge in [-0.25, -0.2) is 4.79 Å². The first-order valence-electron chi connectivity index (χ1n) is 8.15. The van der Waals surface area contributed by atoms with E-state index in [0.29, 0.717) is 12.0 Å². The van der Waals surface area contributed by atoms with Crippen LogP contribution in [-0.2, 0) is 14.3 Å². The summed E-state index contributed by atoms with van der Waals surface area (Å²) in [4.78, 5) is 37.2. The van der Waals surface area contributed by atoms with E-state index >= 15 is 0 Å². The van der Waals surface area contributed by atoms with Gasteiger partial charge >= 0.3 is 12.1 Å². The second-order valence-corrected chi connectivity index (χ2v) is 6.12. The van der Waals surface area contributed by atoms with Crippen molar-refractivity contribution in [3.05, 3.63) is 51.2 Å². The molecule has 0 saturated carbocycles. The number of nitro benzene ring substituents is 1. The topological polar surface area (TPSA) is 131 Å². The van der Waals surface area contributed by atoms with E-state index in [1.807, 2.05) is 0 Å². The number of halogens is 3. The fourth-order valence-corrected chi connectivity index (χ4v) is 3.01. The Labute approximate surface area is 162 Å². The van der Waals surface area contributed by atoms with Crippen LogP contribution in [0.2, 0.25) is 0 Å². The highest BCUT2D eigenvalue weighted by atomic mass is 19.4. The second kappa shape index (κ2) is 8.82. The van der Waals surface area contributed by atoms with Crippen LogP contribution in [0.1, 0.15) is 18.4 Å². The second-order valence-electron chi connectivity index (χ2n) is 6.12. The van der Waals surface area contributed by atoms with Crippen LogP contribution in [0.4, 0.5) is 18.9 Å². The summed E-state index contributed by atoms with van der Waals surface area (Å²) in [6, 6.07) is 4.05. The van der Waals surface area contributed by atoms with E-state index in [4.69, 9.17) is 0 Å². The van der Waals surface area contributed by atoms with Gasteiger partial charge in [0, 0.05) is 23.8 Å². The van der Waals surface area contributed by atoms with Gasteiger partial charge < -0.3 is 15.2 Å². The molecule has 1 heterocycles. The fraction of sp³-hybridized carbons (Fsp3) is 0.353. The number of ether oxygens (including phenoxy) is 1. The van der Waals surface area contributed by atoms with Gasteiger partial charge in [0.2, 0.25) is 6.41 Å². The van der Waals surface area contributed by atoms with Crippen LogP contribution in [0.15, 0.2) is 40.5 Å². The standard InChI is InChI=1S/C17H16F3N3O6/c1-9-15(21-8-24)13(10-2-4-11(5-3-10)23(27)28)14(16(25)26)12(22-9)6-29-7-17(18,19)20/h2-5,8,13,15H,6-7H2,1H3,(H,21,24)(H,25,26). The number of nitrogens with zero attached hydrogens (tertiary/aromatic N) is 2. The molecule has 2 unspecified atom stereocenters. The molecule has 29 heavy (non-hydrogen) atoms. The molecule has 0 aromatic heterocycles. The maximum absolute atomic E-state index is 12.4. The molecule has 1 aromatic rings. The minimum Gasteiger partial charge on any atom is -0.478 e. The lowest BCUT2D eigenvalue weighted by atomic mass is 9.80. The van der Waals surface area contributed by atoms with Crippen LogP contribution in [0.3, 0.4) is 0 Å². The van der Waals surface area contributed by atoms with Crippen molar-refractivity contribution in [3.8, 4) is 0 Å². The van der Waals surface area contributed by atoms with Crippen LogP contribution in [0.5, 0.6) is 0 Å². The van der Waals surface area contributed by atoms with Crippen LogP contribution < -0.4 is 5.32 Å². The minimum absolute atomic E-state index is 0.230. The Morgan fingerprint density at radius 3 is 2.48 bits per heavy atom. The van der Waals surface area contributed by atoms with E-state index in [0.717, 1.165) is 12.1 Å². The van der Waals surface area contributed by atoms with Crippen molar-refractivity contribution in [2.45, 2.75) is 25.1 Å². The van der Waals surface area contributed by atoms with E-state index in [9.17, 15) is 38.0 Å². The Morgan fingerprint density at radius 1 is 1.38 bits per heavy atom. The van der Waals surface area contributed by atoms with Gasteiger partial charge in [0.15, 0.2) is 0 Å². The highest BCUT2D eigenvalue weighted by Crippen LogP contribution is 2.36. The maximum Gasteiger partial charge on any atom is 0.411 e. The maximum atomic E-state index is 12.4. The Kier molecular flexibility index (Phi) is 6.69. The van der Waals surface area contributed by atoms with Gasteiger partial charge in [0.05, 0.1) is 28.8 Å². The first-order valence-corrected chi connectivity index (χ1v) is 8.15. The number of benzene rings is 1. The summed E-state index contributed by atoms with van der Waals surface area (Å²) < 4.78 is 41.6. The highest BCUT2D eigenvalue weighted by molar-refractivity contribution is 5.99. The third-order valence-electron chi connectivity index (χ3n) is 4.16. The van der Waals surface area contributed by atoms with Crippen molar-refractivity contribution in [1.29, 1.82) is 0 Å². The molecular weight excluding hydrogens is 399 g/mol. The van der Waals surface area contributed by atoms with Crippen molar-refractivity contribution >= 4 is 23.8 Å². The molecule has 0 radical (unpaired) electrons. The number of non-ortho nitro benzene ring substituents is 1. The predicted octanol–water partition coefficient (Wildman–Crippen LogP) is 2.19. The average Bonchev–Trinajstić information content (AvgIpc) is 2.62. The molecule has 0 bridgehead atoms. The molecule has 0 spiro atoms. The first-order chi connectivity index (χ1) is 13.5. The number of carboxylic acids is 1. The predicted molar refractivity (Wildman–Crippen MR) is 93.5 cm³/mol. The third kappa shape index (κ3) is 5.38. The molecule has 0 fully saturated rings. The summed E-state index contributed by atoms with van der Waals surface area (Å²) in [7, 11) is 0. The van der Waals surface area contributed by atoms with Gasteiger partial charge in [0.1, 0.15) is 6.61 Å². The zero-order valence-corrected chi connectivity index (χ0v) is 15.0. The van der Waals surface area contributed by atoms with Gasteiger partial charge in [-0.15, -0.1) is 0 Å². The smallest absolute Gasteiger partial charge is 0.411 e. The van der Waals surface area contributed by atoms with E-state index in [1.54, 1.807) is 0 Å². The molecule has 1 aliphatic rings. The number of carbonyl (C=O) groups is 2. The van der Waals surface area contributed by atoms with Crippen molar-refractivity contribution in [3.63, 3.8) is 0 Å². The zero-order valence-electron chi connectivity index (χ0n) is 15.0. The molecule has 12 heteroatoms. The summed E-state index contributed by atoms with van der Waals surface area (Å²) in [5.74, 6) is -2.51. The number of alkyl halides is 3. The summed E-state index contributed by atoms with van der Waals surface area (Å²) >= 11 is 0. The van der Waals surface area contributed by atoms with Gasteiger partial charge in [-0.3, -0.25) is 19.9 Å². The number of carbonyl (C=O) groups excluding carboxylic acids is 1. The molecule has 0 saturated heterocycles. The lowest BCUT2D eigenvalue weighted by Crippen LogP contribution is -2.44. The van der Waals surface area contributed by atoms with Gasteiger partial charge in [-0.1, -0.05) is 12.1 Å². The summed E-state index contributed by atoms with van der Waals surface area (Å²) in [6.07, 6.45) is -4.26.